The molecule has 7 heteroatoms. The van der Waals surface area contributed by atoms with Crippen molar-refractivity contribution in [2.45, 2.75) is 24.7 Å². The molecule has 1 atom stereocenters. The monoisotopic (exact) mass is 376 g/mol. The fourth-order valence-corrected chi connectivity index (χ4v) is 4.15. The molecule has 3 rings (SSSR count). The van der Waals surface area contributed by atoms with Gasteiger partial charge in [-0.15, -0.1) is 0 Å². The Morgan fingerprint density at radius 2 is 1.85 bits per heavy atom. The highest BCUT2D eigenvalue weighted by molar-refractivity contribution is 7.92. The molecule has 1 heterocycles. The molecule has 2 aromatic carbocycles. The van der Waals surface area contributed by atoms with Gasteiger partial charge in [0.25, 0.3) is 15.9 Å². The number of halogens is 1. The average Bonchev–Trinajstić information content (AvgIpc) is 2.63. The molecule has 1 aliphatic heterocycles. The van der Waals surface area contributed by atoms with E-state index >= 15 is 0 Å². The number of amides is 1. The Bertz CT molecular complexity index is 897. The Hall–Kier alpha value is -2.41. The van der Waals surface area contributed by atoms with Crippen LogP contribution in [0.2, 0.25) is 0 Å². The maximum Gasteiger partial charge on any atom is 0.261 e. The lowest BCUT2D eigenvalue weighted by molar-refractivity contribution is 0.0683. The molecule has 0 radical (unpaired) electrons. The van der Waals surface area contributed by atoms with Crippen molar-refractivity contribution in [2.75, 3.05) is 17.8 Å². The third kappa shape index (κ3) is 4.04. The minimum atomic E-state index is -3.93. The van der Waals surface area contributed by atoms with Crippen LogP contribution < -0.4 is 4.72 Å². The van der Waals surface area contributed by atoms with Crippen LogP contribution in [0.5, 0.6) is 0 Å². The van der Waals surface area contributed by atoms with E-state index in [4.69, 9.17) is 0 Å². The highest BCUT2D eigenvalue weighted by atomic mass is 32.2. The summed E-state index contributed by atoms with van der Waals surface area (Å²) in [7, 11) is -3.93. The second-order valence-electron chi connectivity index (χ2n) is 6.61. The topological polar surface area (TPSA) is 66.5 Å². The molecule has 1 N–H and O–H groups in total. The van der Waals surface area contributed by atoms with Crippen LogP contribution in [-0.2, 0) is 10.0 Å². The van der Waals surface area contributed by atoms with Crippen molar-refractivity contribution in [3.63, 3.8) is 0 Å². The number of hydrogen-bond acceptors (Lipinski definition) is 3. The van der Waals surface area contributed by atoms with Crippen LogP contribution in [0.4, 0.5) is 10.1 Å². The minimum absolute atomic E-state index is 0.0238. The van der Waals surface area contributed by atoms with Crippen molar-refractivity contribution in [3.05, 3.63) is 59.9 Å². The first-order chi connectivity index (χ1) is 12.4. The zero-order valence-electron chi connectivity index (χ0n) is 14.5. The van der Waals surface area contributed by atoms with Gasteiger partial charge in [0.15, 0.2) is 0 Å². The van der Waals surface area contributed by atoms with Gasteiger partial charge in [-0.3, -0.25) is 9.52 Å². The van der Waals surface area contributed by atoms with Gasteiger partial charge in [0.05, 0.1) is 10.6 Å². The summed E-state index contributed by atoms with van der Waals surface area (Å²) in [6.07, 6.45) is 2.09. The largest absolute Gasteiger partial charge is 0.338 e. The van der Waals surface area contributed by atoms with E-state index in [1.807, 2.05) is 0 Å². The molecule has 1 aliphatic rings. The van der Waals surface area contributed by atoms with Gasteiger partial charge >= 0.3 is 0 Å². The number of carbonyl (C=O) groups excluding carboxylic acids is 1. The number of nitrogens with zero attached hydrogens (tertiary/aromatic N) is 1. The molecule has 1 amide bonds. The SMILES string of the molecule is C[C@H]1CCCN(C(=O)c2ccc(S(=O)(=O)Nc3ccccc3F)cc2)C1. The van der Waals surface area contributed by atoms with Crippen LogP contribution in [0.25, 0.3) is 0 Å². The first kappa shape index (κ1) is 18.4. The Balaban J connectivity index is 1.76. The lowest BCUT2D eigenvalue weighted by atomic mass is 9.99. The highest BCUT2D eigenvalue weighted by Gasteiger charge is 2.23. The van der Waals surface area contributed by atoms with E-state index in [1.165, 1.54) is 42.5 Å². The standard InChI is InChI=1S/C19H21FN2O3S/c1-14-5-4-12-22(13-14)19(23)15-8-10-16(11-9-15)26(24,25)21-18-7-3-2-6-17(18)20/h2-3,6-11,14,21H,4-5,12-13H2,1H3/t14-/m0/s1. The second kappa shape index (κ2) is 7.45. The van der Waals surface area contributed by atoms with E-state index < -0.39 is 15.8 Å². The third-order valence-corrected chi connectivity index (χ3v) is 5.86. The van der Waals surface area contributed by atoms with Gasteiger partial charge in [-0.2, -0.15) is 0 Å². The molecule has 1 fully saturated rings. The summed E-state index contributed by atoms with van der Waals surface area (Å²) in [4.78, 5) is 14.3. The number of anilines is 1. The fraction of sp³-hybridized carbons (Fsp3) is 0.316. The van der Waals surface area contributed by atoms with Gasteiger partial charge < -0.3 is 4.90 Å². The third-order valence-electron chi connectivity index (χ3n) is 4.47. The summed E-state index contributed by atoms with van der Waals surface area (Å²) in [5.41, 5.74) is 0.332. The number of benzene rings is 2. The first-order valence-corrected chi connectivity index (χ1v) is 10.0. The lowest BCUT2D eigenvalue weighted by Gasteiger charge is -2.31. The zero-order chi connectivity index (χ0) is 18.7. The molecule has 0 aliphatic carbocycles. The molecule has 0 bridgehead atoms. The predicted octanol–water partition coefficient (Wildman–Crippen LogP) is 3.50. The quantitative estimate of drug-likeness (QED) is 0.888. The van der Waals surface area contributed by atoms with Crippen molar-refractivity contribution in [2.24, 2.45) is 5.92 Å². The van der Waals surface area contributed by atoms with Gasteiger partial charge in [0, 0.05) is 18.7 Å². The first-order valence-electron chi connectivity index (χ1n) is 8.53. The van der Waals surface area contributed by atoms with E-state index in [0.29, 0.717) is 18.0 Å². The van der Waals surface area contributed by atoms with Crippen molar-refractivity contribution in [1.82, 2.24) is 4.90 Å². The molecule has 26 heavy (non-hydrogen) atoms. The lowest BCUT2D eigenvalue weighted by Crippen LogP contribution is -2.39. The van der Waals surface area contributed by atoms with Crippen molar-refractivity contribution >= 4 is 21.6 Å². The van der Waals surface area contributed by atoms with Gasteiger partial charge in [-0.1, -0.05) is 19.1 Å². The van der Waals surface area contributed by atoms with Crippen LogP contribution in [0.1, 0.15) is 30.1 Å². The summed E-state index contributed by atoms with van der Waals surface area (Å²) >= 11 is 0. The number of rotatable bonds is 4. The van der Waals surface area contributed by atoms with E-state index in [2.05, 4.69) is 11.6 Å². The maximum atomic E-state index is 13.7. The van der Waals surface area contributed by atoms with Crippen LogP contribution in [-0.4, -0.2) is 32.3 Å². The molecule has 0 unspecified atom stereocenters. The van der Waals surface area contributed by atoms with Gasteiger partial charge in [0.2, 0.25) is 0 Å². The predicted molar refractivity (Wildman–Crippen MR) is 98.0 cm³/mol. The van der Waals surface area contributed by atoms with Crippen LogP contribution in [0, 0.1) is 11.7 Å². The summed E-state index contributed by atoms with van der Waals surface area (Å²) in [6.45, 7) is 3.55. The van der Waals surface area contributed by atoms with Crippen molar-refractivity contribution in [3.8, 4) is 0 Å². The van der Waals surface area contributed by atoms with Crippen LogP contribution in [0.3, 0.4) is 0 Å². The number of para-hydroxylation sites is 1. The second-order valence-corrected chi connectivity index (χ2v) is 8.29. The number of likely N-dealkylation sites (tertiary alicyclic amines) is 1. The Labute approximate surface area is 152 Å². The van der Waals surface area contributed by atoms with Crippen molar-refractivity contribution in [1.29, 1.82) is 0 Å². The summed E-state index contributed by atoms with van der Waals surface area (Å²) in [5, 5.41) is 0. The number of carbonyl (C=O) groups is 1. The Morgan fingerprint density at radius 1 is 1.15 bits per heavy atom. The molecular formula is C19H21FN2O3S. The van der Waals surface area contributed by atoms with Crippen LogP contribution >= 0.6 is 0 Å². The van der Waals surface area contributed by atoms with Crippen LogP contribution in [0.15, 0.2) is 53.4 Å². The summed E-state index contributed by atoms with van der Waals surface area (Å²) in [5.74, 6) is -0.276. The van der Waals surface area contributed by atoms with E-state index in [-0.39, 0.29) is 16.5 Å². The van der Waals surface area contributed by atoms with E-state index in [1.54, 1.807) is 11.0 Å². The normalized spacial score (nSPS) is 17.8. The number of nitrogens with one attached hydrogen (secondary N) is 1. The Morgan fingerprint density at radius 3 is 2.50 bits per heavy atom. The van der Waals surface area contributed by atoms with Gasteiger partial charge in [0.1, 0.15) is 5.82 Å². The fourth-order valence-electron chi connectivity index (χ4n) is 3.08. The molecule has 138 valence electrons. The number of sulfonamides is 1. The molecule has 0 saturated carbocycles. The molecular weight excluding hydrogens is 355 g/mol. The van der Waals surface area contributed by atoms with Crippen molar-refractivity contribution < 1.29 is 17.6 Å². The average molecular weight is 376 g/mol. The summed E-state index contributed by atoms with van der Waals surface area (Å²) < 4.78 is 40.7. The van der Waals surface area contributed by atoms with E-state index in [9.17, 15) is 17.6 Å². The highest BCUT2D eigenvalue weighted by Crippen LogP contribution is 2.21. The van der Waals surface area contributed by atoms with Gasteiger partial charge in [-0.05, 0) is 55.2 Å². The maximum absolute atomic E-state index is 13.7. The molecule has 2 aromatic rings. The van der Waals surface area contributed by atoms with Gasteiger partial charge in [-0.25, -0.2) is 12.8 Å². The number of piperidine rings is 1. The summed E-state index contributed by atoms with van der Waals surface area (Å²) in [6, 6.07) is 11.3. The van der Waals surface area contributed by atoms with E-state index in [0.717, 1.165) is 19.4 Å². The minimum Gasteiger partial charge on any atom is -0.338 e. The molecule has 1 saturated heterocycles. The zero-order valence-corrected chi connectivity index (χ0v) is 15.3. The molecule has 0 aromatic heterocycles. The molecule has 0 spiro atoms. The smallest absolute Gasteiger partial charge is 0.261 e. The molecule has 5 nitrogen and oxygen atoms in total. The Kier molecular flexibility index (Phi) is 5.27. The number of hydrogen-bond donors (Lipinski definition) is 1.